The van der Waals surface area contributed by atoms with E-state index in [1.54, 1.807) is 17.7 Å². The monoisotopic (exact) mass is 292 g/mol. The molecule has 9 heteroatoms. The molecule has 1 aromatic heterocycles. The number of rotatable bonds is 6. The molecule has 0 saturated carbocycles. The van der Waals surface area contributed by atoms with Gasteiger partial charge in [-0.15, -0.1) is 0 Å². The molecule has 0 bridgehead atoms. The maximum atomic E-state index is 11.1. The van der Waals surface area contributed by atoms with Crippen molar-refractivity contribution in [1.29, 1.82) is 0 Å². The van der Waals surface area contributed by atoms with Crippen LogP contribution in [-0.4, -0.2) is 22.5 Å². The van der Waals surface area contributed by atoms with Gasteiger partial charge >= 0.3 is 5.97 Å². The molecule has 3 N–H and O–H groups in total. The second-order valence-electron chi connectivity index (χ2n) is 3.93. The molecule has 21 heavy (non-hydrogen) atoms. The van der Waals surface area contributed by atoms with E-state index in [1.165, 1.54) is 18.3 Å². The summed E-state index contributed by atoms with van der Waals surface area (Å²) in [6.45, 7) is 0.0440. The molecule has 0 fully saturated rings. The van der Waals surface area contributed by atoms with Gasteiger partial charge in [-0.2, -0.15) is 0 Å². The highest BCUT2D eigenvalue weighted by atomic mass is 16.7. The SMILES string of the molecule is NNOC(=O)CCOc1ccc([N+](=O)[O-])c2ncccc12. The number of ether oxygens (including phenoxy) is 1. The van der Waals surface area contributed by atoms with E-state index in [1.807, 2.05) is 0 Å². The van der Waals surface area contributed by atoms with Gasteiger partial charge in [-0.1, -0.05) is 5.59 Å². The minimum absolute atomic E-state index is 0.0249. The van der Waals surface area contributed by atoms with E-state index in [-0.39, 0.29) is 24.2 Å². The van der Waals surface area contributed by atoms with Crippen molar-refractivity contribution in [3.05, 3.63) is 40.6 Å². The summed E-state index contributed by atoms with van der Waals surface area (Å²) in [5, 5.41) is 11.4. The van der Waals surface area contributed by atoms with Crippen molar-refractivity contribution in [3.63, 3.8) is 0 Å². The Morgan fingerprint density at radius 2 is 2.24 bits per heavy atom. The molecule has 2 aromatic rings. The van der Waals surface area contributed by atoms with Crippen LogP contribution in [0.25, 0.3) is 10.9 Å². The Kier molecular flexibility index (Phi) is 4.59. The number of benzene rings is 1. The molecular formula is C12H12N4O5. The lowest BCUT2D eigenvalue weighted by molar-refractivity contribution is -0.383. The number of carbonyl (C=O) groups excluding carboxylic acids is 1. The molecule has 0 aliphatic carbocycles. The topological polar surface area (TPSA) is 130 Å². The van der Waals surface area contributed by atoms with E-state index in [9.17, 15) is 14.9 Å². The van der Waals surface area contributed by atoms with Gasteiger partial charge in [-0.3, -0.25) is 14.9 Å². The molecular weight excluding hydrogens is 280 g/mol. The zero-order valence-electron chi connectivity index (χ0n) is 10.8. The largest absolute Gasteiger partial charge is 0.492 e. The van der Waals surface area contributed by atoms with Crippen molar-refractivity contribution in [2.45, 2.75) is 6.42 Å². The van der Waals surface area contributed by atoms with Crippen LogP contribution in [-0.2, 0) is 9.63 Å². The van der Waals surface area contributed by atoms with Gasteiger partial charge in [0.2, 0.25) is 0 Å². The fraction of sp³-hybridized carbons (Fsp3) is 0.167. The van der Waals surface area contributed by atoms with Crippen LogP contribution in [0.1, 0.15) is 6.42 Å². The maximum absolute atomic E-state index is 11.1. The van der Waals surface area contributed by atoms with Gasteiger partial charge in [-0.25, -0.2) is 10.8 Å². The third kappa shape index (κ3) is 3.41. The Hall–Kier alpha value is -2.78. The van der Waals surface area contributed by atoms with Crippen molar-refractivity contribution in [2.75, 3.05) is 6.61 Å². The van der Waals surface area contributed by atoms with Crippen LogP contribution in [0.3, 0.4) is 0 Å². The third-order valence-electron chi connectivity index (χ3n) is 2.64. The first-order chi connectivity index (χ1) is 10.1. The number of non-ortho nitro benzene ring substituents is 1. The van der Waals surface area contributed by atoms with Gasteiger partial charge in [0.1, 0.15) is 5.75 Å². The van der Waals surface area contributed by atoms with E-state index in [0.717, 1.165) is 0 Å². The first-order valence-electron chi connectivity index (χ1n) is 5.93. The van der Waals surface area contributed by atoms with E-state index in [0.29, 0.717) is 11.1 Å². The molecule has 110 valence electrons. The van der Waals surface area contributed by atoms with Crippen molar-refractivity contribution in [2.24, 2.45) is 5.84 Å². The molecule has 0 radical (unpaired) electrons. The molecule has 0 saturated heterocycles. The lowest BCUT2D eigenvalue weighted by Gasteiger charge is -2.08. The van der Waals surface area contributed by atoms with Crippen LogP contribution in [0.15, 0.2) is 30.5 Å². The number of carbonyl (C=O) groups is 1. The van der Waals surface area contributed by atoms with Gasteiger partial charge in [0.25, 0.3) is 5.69 Å². The Balaban J connectivity index is 2.20. The second-order valence-corrected chi connectivity index (χ2v) is 3.93. The minimum atomic E-state index is -0.582. The lowest BCUT2D eigenvalue weighted by Crippen LogP contribution is -2.26. The van der Waals surface area contributed by atoms with E-state index < -0.39 is 10.9 Å². The average Bonchev–Trinajstić information content (AvgIpc) is 2.47. The number of nitrogens with one attached hydrogen (secondary N) is 1. The van der Waals surface area contributed by atoms with Gasteiger partial charge in [0, 0.05) is 17.6 Å². The fourth-order valence-electron chi connectivity index (χ4n) is 1.77. The summed E-state index contributed by atoms with van der Waals surface area (Å²) < 4.78 is 5.44. The molecule has 0 aliphatic heterocycles. The van der Waals surface area contributed by atoms with Crippen LogP contribution in [0.4, 0.5) is 5.69 Å². The summed E-state index contributed by atoms with van der Waals surface area (Å²) in [6.07, 6.45) is 1.44. The molecule has 0 spiro atoms. The second kappa shape index (κ2) is 6.59. The van der Waals surface area contributed by atoms with Gasteiger partial charge < -0.3 is 9.57 Å². The number of nitro groups is 1. The molecule has 0 aliphatic rings. The first kappa shape index (κ1) is 14.6. The summed E-state index contributed by atoms with van der Waals surface area (Å²) in [5.41, 5.74) is 1.90. The molecule has 0 amide bonds. The summed E-state index contributed by atoms with van der Waals surface area (Å²) in [6, 6.07) is 6.08. The summed E-state index contributed by atoms with van der Waals surface area (Å²) in [4.78, 5) is 29.9. The van der Waals surface area contributed by atoms with Crippen LogP contribution < -0.4 is 16.2 Å². The standard InChI is InChI=1S/C12H12N4O5/c13-15-21-11(17)5-7-20-10-4-3-9(16(18)19)12-8(10)2-1-6-14-12/h1-4,6,15H,5,7,13H2. The van der Waals surface area contributed by atoms with Crippen molar-refractivity contribution < 1.29 is 19.3 Å². The fourth-order valence-corrected chi connectivity index (χ4v) is 1.77. The predicted octanol–water partition coefficient (Wildman–Crippen LogP) is 0.833. The Labute approximate surface area is 118 Å². The normalized spacial score (nSPS) is 10.3. The predicted molar refractivity (Wildman–Crippen MR) is 71.9 cm³/mol. The number of fused-ring (bicyclic) bond motifs is 1. The number of hydrazine groups is 1. The van der Waals surface area contributed by atoms with Crippen LogP contribution >= 0.6 is 0 Å². The Bertz CT molecular complexity index is 676. The molecule has 0 unspecified atom stereocenters. The van der Waals surface area contributed by atoms with Crippen LogP contribution in [0.2, 0.25) is 0 Å². The summed E-state index contributed by atoms with van der Waals surface area (Å²) >= 11 is 0. The quantitative estimate of drug-likeness (QED) is 0.455. The van der Waals surface area contributed by atoms with Crippen molar-refractivity contribution in [1.82, 2.24) is 10.6 Å². The molecule has 1 heterocycles. The zero-order chi connectivity index (χ0) is 15.2. The number of nitrogens with two attached hydrogens (primary N) is 1. The van der Waals surface area contributed by atoms with E-state index in [4.69, 9.17) is 10.6 Å². The first-order valence-corrected chi connectivity index (χ1v) is 5.93. The van der Waals surface area contributed by atoms with Gasteiger partial charge in [-0.05, 0) is 18.2 Å². The number of aromatic nitrogens is 1. The number of hydrogen-bond acceptors (Lipinski definition) is 8. The summed E-state index contributed by atoms with van der Waals surface area (Å²) in [5.74, 6) is 4.64. The van der Waals surface area contributed by atoms with Crippen LogP contribution in [0.5, 0.6) is 5.75 Å². The average molecular weight is 292 g/mol. The maximum Gasteiger partial charge on any atom is 0.329 e. The molecule has 0 atom stereocenters. The Morgan fingerprint density at radius 1 is 1.43 bits per heavy atom. The number of nitrogens with zero attached hydrogens (tertiary/aromatic N) is 2. The summed E-state index contributed by atoms with van der Waals surface area (Å²) in [7, 11) is 0. The molecule has 1 aromatic carbocycles. The van der Waals surface area contributed by atoms with Crippen molar-refractivity contribution >= 4 is 22.6 Å². The number of hydrogen-bond donors (Lipinski definition) is 2. The Morgan fingerprint density at radius 3 is 2.95 bits per heavy atom. The highest BCUT2D eigenvalue weighted by Gasteiger charge is 2.16. The van der Waals surface area contributed by atoms with E-state index >= 15 is 0 Å². The third-order valence-corrected chi connectivity index (χ3v) is 2.64. The lowest BCUT2D eigenvalue weighted by atomic mass is 10.1. The van der Waals surface area contributed by atoms with Crippen molar-refractivity contribution in [3.8, 4) is 5.75 Å². The smallest absolute Gasteiger partial charge is 0.329 e. The minimum Gasteiger partial charge on any atom is -0.492 e. The van der Waals surface area contributed by atoms with Gasteiger partial charge in [0.15, 0.2) is 5.52 Å². The van der Waals surface area contributed by atoms with Gasteiger partial charge in [0.05, 0.1) is 18.0 Å². The molecule has 2 rings (SSSR count). The number of pyridine rings is 1. The van der Waals surface area contributed by atoms with Crippen LogP contribution in [0, 0.1) is 10.1 Å². The highest BCUT2D eigenvalue weighted by molar-refractivity contribution is 5.92. The van der Waals surface area contributed by atoms with E-state index in [2.05, 4.69) is 9.82 Å². The molecule has 9 nitrogen and oxygen atoms in total. The zero-order valence-corrected chi connectivity index (χ0v) is 10.8. The number of nitro benzene ring substituents is 1. The highest BCUT2D eigenvalue weighted by Crippen LogP contribution is 2.31.